The minimum atomic E-state index is -0.354. The maximum atomic E-state index is 13.2. The number of ether oxygens (including phenoxy) is 1. The van der Waals surface area contributed by atoms with Crippen LogP contribution in [-0.4, -0.2) is 12.9 Å². The lowest BCUT2D eigenvalue weighted by molar-refractivity contribution is 0.0885. The van der Waals surface area contributed by atoms with Crippen molar-refractivity contribution < 1.29 is 9.53 Å². The van der Waals surface area contributed by atoms with Crippen molar-refractivity contribution in [2.24, 2.45) is 0 Å². The third-order valence-electron chi connectivity index (χ3n) is 4.55. The molecule has 0 N–H and O–H groups in total. The van der Waals surface area contributed by atoms with Gasteiger partial charge in [0.15, 0.2) is 5.78 Å². The number of ketones is 1. The molecule has 21 heavy (non-hydrogen) atoms. The molecule has 0 aliphatic heterocycles. The van der Waals surface area contributed by atoms with Gasteiger partial charge in [-0.15, -0.1) is 0 Å². The monoisotopic (exact) mass is 280 g/mol. The molecule has 0 radical (unpaired) electrons. The van der Waals surface area contributed by atoms with Gasteiger partial charge in [0.1, 0.15) is 5.75 Å². The van der Waals surface area contributed by atoms with Crippen LogP contribution in [0, 0.1) is 0 Å². The summed E-state index contributed by atoms with van der Waals surface area (Å²) in [5, 5.41) is 0. The van der Waals surface area contributed by atoms with Gasteiger partial charge in [0.05, 0.1) is 12.5 Å². The molecule has 0 atom stereocenters. The first-order valence-electron chi connectivity index (χ1n) is 7.51. The Balaban J connectivity index is 2.03. The van der Waals surface area contributed by atoms with Crippen LogP contribution >= 0.6 is 0 Å². The molecule has 108 valence electrons. The molecule has 2 aromatic rings. The first-order chi connectivity index (χ1) is 10.3. The quantitative estimate of drug-likeness (QED) is 0.776. The van der Waals surface area contributed by atoms with Crippen LogP contribution in [0.4, 0.5) is 0 Å². The molecule has 1 aliphatic rings. The second kappa shape index (κ2) is 5.72. The molecule has 2 aromatic carbocycles. The Labute approximate surface area is 125 Å². The molecule has 0 aromatic heterocycles. The summed E-state index contributed by atoms with van der Waals surface area (Å²) in [6.45, 7) is 0. The summed E-state index contributed by atoms with van der Waals surface area (Å²) in [4.78, 5) is 13.2. The van der Waals surface area contributed by atoms with Gasteiger partial charge in [-0.25, -0.2) is 0 Å². The van der Waals surface area contributed by atoms with Gasteiger partial charge in [0.25, 0.3) is 0 Å². The summed E-state index contributed by atoms with van der Waals surface area (Å²) in [6, 6.07) is 17.7. The van der Waals surface area contributed by atoms with E-state index in [0.29, 0.717) is 0 Å². The molecule has 0 bridgehead atoms. The van der Waals surface area contributed by atoms with Crippen LogP contribution in [0.15, 0.2) is 54.6 Å². The Morgan fingerprint density at radius 2 is 1.71 bits per heavy atom. The first kappa shape index (κ1) is 13.9. The average molecular weight is 280 g/mol. The van der Waals surface area contributed by atoms with Gasteiger partial charge in [0.2, 0.25) is 0 Å². The highest BCUT2D eigenvalue weighted by Crippen LogP contribution is 2.43. The van der Waals surface area contributed by atoms with Gasteiger partial charge in [-0.1, -0.05) is 55.3 Å². The number of carbonyl (C=O) groups excluding carboxylic acids is 1. The SMILES string of the molecule is COc1cccc(C(=O)C2(c3ccccc3)CCCC2)c1. The average Bonchev–Trinajstić information content (AvgIpc) is 3.06. The second-order valence-corrected chi connectivity index (χ2v) is 5.72. The number of benzene rings is 2. The molecule has 1 aliphatic carbocycles. The second-order valence-electron chi connectivity index (χ2n) is 5.72. The molecule has 0 saturated heterocycles. The van der Waals surface area contributed by atoms with Crippen LogP contribution in [-0.2, 0) is 5.41 Å². The first-order valence-corrected chi connectivity index (χ1v) is 7.51. The van der Waals surface area contributed by atoms with Crippen LogP contribution in [0.25, 0.3) is 0 Å². The summed E-state index contributed by atoms with van der Waals surface area (Å²) >= 11 is 0. The van der Waals surface area contributed by atoms with Gasteiger partial charge in [-0.3, -0.25) is 4.79 Å². The molecule has 0 unspecified atom stereocenters. The summed E-state index contributed by atoms with van der Waals surface area (Å²) in [5.74, 6) is 0.965. The zero-order valence-electron chi connectivity index (χ0n) is 12.3. The lowest BCUT2D eigenvalue weighted by atomic mass is 9.73. The van der Waals surface area contributed by atoms with E-state index in [2.05, 4.69) is 12.1 Å². The smallest absolute Gasteiger partial charge is 0.173 e. The summed E-state index contributed by atoms with van der Waals surface area (Å²) in [6.07, 6.45) is 4.11. The van der Waals surface area contributed by atoms with E-state index in [9.17, 15) is 4.79 Å². The zero-order chi connectivity index (χ0) is 14.7. The zero-order valence-corrected chi connectivity index (χ0v) is 12.3. The maximum absolute atomic E-state index is 13.2. The van der Waals surface area contributed by atoms with Gasteiger partial charge < -0.3 is 4.74 Å². The summed E-state index contributed by atoms with van der Waals surface area (Å²) in [5.41, 5.74) is 1.54. The van der Waals surface area contributed by atoms with E-state index in [1.54, 1.807) is 7.11 Å². The summed E-state index contributed by atoms with van der Waals surface area (Å²) < 4.78 is 5.25. The highest BCUT2D eigenvalue weighted by molar-refractivity contribution is 6.04. The van der Waals surface area contributed by atoms with Crippen molar-refractivity contribution >= 4 is 5.78 Å². The van der Waals surface area contributed by atoms with E-state index in [1.807, 2.05) is 42.5 Å². The Morgan fingerprint density at radius 1 is 1.00 bits per heavy atom. The van der Waals surface area contributed by atoms with Crippen molar-refractivity contribution in [1.82, 2.24) is 0 Å². The van der Waals surface area contributed by atoms with E-state index in [0.717, 1.165) is 42.6 Å². The fourth-order valence-corrected chi connectivity index (χ4v) is 3.42. The molecule has 0 spiro atoms. The van der Waals surface area contributed by atoms with E-state index >= 15 is 0 Å². The number of methoxy groups -OCH3 is 1. The number of hydrogen-bond acceptors (Lipinski definition) is 2. The Hall–Kier alpha value is -2.09. The molecular formula is C19H20O2. The highest BCUT2D eigenvalue weighted by atomic mass is 16.5. The third-order valence-corrected chi connectivity index (χ3v) is 4.55. The fraction of sp³-hybridized carbons (Fsp3) is 0.316. The van der Waals surface area contributed by atoms with Gasteiger partial charge in [-0.2, -0.15) is 0 Å². The summed E-state index contributed by atoms with van der Waals surface area (Å²) in [7, 11) is 1.63. The van der Waals surface area contributed by atoms with E-state index < -0.39 is 0 Å². The van der Waals surface area contributed by atoms with Gasteiger partial charge in [-0.05, 0) is 30.5 Å². The fourth-order valence-electron chi connectivity index (χ4n) is 3.42. The standard InChI is InChI=1S/C19H20O2/c1-21-17-11-7-8-15(14-17)18(20)19(12-5-6-13-19)16-9-3-2-4-10-16/h2-4,7-11,14H,5-6,12-13H2,1H3. The lowest BCUT2D eigenvalue weighted by Gasteiger charge is -2.28. The van der Waals surface area contributed by atoms with Crippen LogP contribution in [0.5, 0.6) is 5.75 Å². The van der Waals surface area contributed by atoms with Crippen LogP contribution in [0.2, 0.25) is 0 Å². The third kappa shape index (κ3) is 2.46. The Kier molecular flexibility index (Phi) is 3.78. The van der Waals surface area contributed by atoms with Crippen LogP contribution in [0.1, 0.15) is 41.6 Å². The van der Waals surface area contributed by atoms with E-state index in [1.165, 1.54) is 0 Å². The number of hydrogen-bond donors (Lipinski definition) is 0. The van der Waals surface area contributed by atoms with Crippen LogP contribution < -0.4 is 4.74 Å². The largest absolute Gasteiger partial charge is 0.497 e. The molecule has 1 fully saturated rings. The van der Waals surface area contributed by atoms with E-state index in [4.69, 9.17) is 4.74 Å². The topological polar surface area (TPSA) is 26.3 Å². The van der Waals surface area contributed by atoms with Crippen molar-refractivity contribution in [3.05, 3.63) is 65.7 Å². The van der Waals surface area contributed by atoms with Crippen molar-refractivity contribution in [3.63, 3.8) is 0 Å². The molecule has 0 amide bonds. The predicted molar refractivity (Wildman–Crippen MR) is 83.9 cm³/mol. The normalized spacial score (nSPS) is 16.6. The molecule has 0 heterocycles. The minimum Gasteiger partial charge on any atom is -0.497 e. The van der Waals surface area contributed by atoms with Crippen molar-refractivity contribution in [2.75, 3.05) is 7.11 Å². The highest BCUT2D eigenvalue weighted by Gasteiger charge is 2.42. The lowest BCUT2D eigenvalue weighted by Crippen LogP contribution is -2.33. The maximum Gasteiger partial charge on any atom is 0.173 e. The van der Waals surface area contributed by atoms with E-state index in [-0.39, 0.29) is 11.2 Å². The van der Waals surface area contributed by atoms with Crippen molar-refractivity contribution in [1.29, 1.82) is 0 Å². The Morgan fingerprint density at radius 3 is 2.38 bits per heavy atom. The Bertz CT molecular complexity index is 625. The number of carbonyl (C=O) groups is 1. The molecule has 1 saturated carbocycles. The van der Waals surface area contributed by atoms with Gasteiger partial charge in [0, 0.05) is 5.56 Å². The minimum absolute atomic E-state index is 0.227. The van der Waals surface area contributed by atoms with Crippen molar-refractivity contribution in [3.8, 4) is 5.75 Å². The predicted octanol–water partition coefficient (Wildman–Crippen LogP) is 4.39. The molecular weight excluding hydrogens is 260 g/mol. The number of Topliss-reactive ketones (excluding diaryl/α,β-unsaturated/α-hetero) is 1. The van der Waals surface area contributed by atoms with Gasteiger partial charge >= 0.3 is 0 Å². The number of rotatable bonds is 4. The van der Waals surface area contributed by atoms with Crippen molar-refractivity contribution in [2.45, 2.75) is 31.1 Å². The van der Waals surface area contributed by atoms with Crippen LogP contribution in [0.3, 0.4) is 0 Å². The molecule has 2 nitrogen and oxygen atoms in total. The molecule has 3 rings (SSSR count). The molecule has 2 heteroatoms.